The molecule has 1 unspecified atom stereocenters. The number of piperidine rings is 1. The van der Waals surface area contributed by atoms with Gasteiger partial charge in [0.15, 0.2) is 11.5 Å². The Bertz CT molecular complexity index is 702. The Kier molecular flexibility index (Phi) is 4.97. The first-order valence-corrected chi connectivity index (χ1v) is 9.65. The van der Waals surface area contributed by atoms with Gasteiger partial charge in [-0.2, -0.15) is 8.78 Å². The van der Waals surface area contributed by atoms with Crippen molar-refractivity contribution in [1.29, 1.82) is 0 Å². The second-order valence-electron chi connectivity index (χ2n) is 7.93. The molecule has 1 atom stereocenters. The van der Waals surface area contributed by atoms with Crippen molar-refractivity contribution in [2.75, 3.05) is 20.2 Å². The third-order valence-electron chi connectivity index (χ3n) is 6.15. The Morgan fingerprint density at radius 2 is 2.04 bits per heavy atom. The van der Waals surface area contributed by atoms with Gasteiger partial charge in [-0.25, -0.2) is 0 Å². The van der Waals surface area contributed by atoms with Gasteiger partial charge in [0.25, 0.3) is 0 Å². The average Bonchev–Trinajstić information content (AvgIpc) is 3.57. The number of methoxy groups -OCH3 is 1. The molecule has 4 rings (SSSR count). The molecule has 1 aromatic carbocycles. The third kappa shape index (κ3) is 3.88. The lowest BCUT2D eigenvalue weighted by Gasteiger charge is -2.27. The molecule has 27 heavy (non-hydrogen) atoms. The molecule has 0 bridgehead atoms. The van der Waals surface area contributed by atoms with Crippen molar-refractivity contribution < 1.29 is 23.0 Å². The fourth-order valence-electron chi connectivity index (χ4n) is 4.35. The molecular weight excluding hydrogens is 354 g/mol. The number of benzene rings is 1. The Hall–Kier alpha value is -1.89. The summed E-state index contributed by atoms with van der Waals surface area (Å²) >= 11 is 0. The first-order valence-electron chi connectivity index (χ1n) is 9.65. The van der Waals surface area contributed by atoms with Crippen LogP contribution in [0.1, 0.15) is 37.7 Å². The maximum atomic E-state index is 13.2. The lowest BCUT2D eigenvalue weighted by Crippen LogP contribution is -2.37. The highest BCUT2D eigenvalue weighted by atomic mass is 19.3. The minimum absolute atomic E-state index is 0.0106. The van der Waals surface area contributed by atoms with Crippen LogP contribution in [0.25, 0.3) is 0 Å². The number of hydrogen-bond donors (Lipinski definition) is 1. The minimum Gasteiger partial charge on any atom is -0.493 e. The topological polar surface area (TPSA) is 50.8 Å². The van der Waals surface area contributed by atoms with E-state index in [0.717, 1.165) is 50.8 Å². The number of alkyl halides is 2. The fraction of sp³-hybridized carbons (Fsp3) is 0.650. The number of amides is 1. The highest BCUT2D eigenvalue weighted by molar-refractivity contribution is 5.83. The largest absolute Gasteiger partial charge is 0.493 e. The Morgan fingerprint density at radius 1 is 1.30 bits per heavy atom. The molecular formula is C20H26F2N2O3. The minimum atomic E-state index is -2.90. The lowest BCUT2D eigenvalue weighted by atomic mass is 9.91. The summed E-state index contributed by atoms with van der Waals surface area (Å²) < 4.78 is 34.7. The van der Waals surface area contributed by atoms with E-state index >= 15 is 0 Å². The maximum Gasteiger partial charge on any atom is 0.387 e. The highest BCUT2D eigenvalue weighted by Crippen LogP contribution is 2.59. The molecule has 0 aromatic heterocycles. The summed E-state index contributed by atoms with van der Waals surface area (Å²) in [6.45, 7) is -0.420. The molecule has 7 heteroatoms. The normalized spacial score (nSPS) is 23.3. The molecule has 3 fully saturated rings. The van der Waals surface area contributed by atoms with Crippen molar-refractivity contribution in [3.63, 3.8) is 0 Å². The molecule has 1 saturated heterocycles. The predicted octanol–water partition coefficient (Wildman–Crippen LogP) is 3.18. The van der Waals surface area contributed by atoms with Crippen LogP contribution in [0.3, 0.4) is 0 Å². The summed E-state index contributed by atoms with van der Waals surface area (Å²) in [7, 11) is 1.42. The van der Waals surface area contributed by atoms with Crippen LogP contribution in [0.15, 0.2) is 18.2 Å². The number of halogens is 2. The van der Waals surface area contributed by atoms with Crippen molar-refractivity contribution in [3.05, 3.63) is 23.8 Å². The van der Waals surface area contributed by atoms with Gasteiger partial charge in [-0.1, -0.05) is 6.07 Å². The number of nitrogens with zero attached hydrogens (tertiary/aromatic N) is 1. The molecule has 0 radical (unpaired) electrons. The van der Waals surface area contributed by atoms with Crippen molar-refractivity contribution in [1.82, 2.24) is 10.2 Å². The Labute approximate surface area is 158 Å². The van der Waals surface area contributed by atoms with Crippen LogP contribution in [0.5, 0.6) is 11.5 Å². The van der Waals surface area contributed by atoms with E-state index in [0.29, 0.717) is 12.6 Å². The number of nitrogens with one attached hydrogen (secondary N) is 1. The number of rotatable bonds is 7. The van der Waals surface area contributed by atoms with Crippen LogP contribution in [0.2, 0.25) is 0 Å². The molecule has 1 aliphatic heterocycles. The molecule has 1 amide bonds. The fourth-order valence-corrected chi connectivity index (χ4v) is 4.35. The zero-order valence-corrected chi connectivity index (χ0v) is 15.5. The van der Waals surface area contributed by atoms with Crippen molar-refractivity contribution in [2.45, 2.75) is 51.3 Å². The summed E-state index contributed by atoms with van der Waals surface area (Å²) in [5.74, 6) is 0.670. The van der Waals surface area contributed by atoms with Crippen LogP contribution < -0.4 is 14.8 Å². The van der Waals surface area contributed by atoms with Crippen LogP contribution in [0, 0.1) is 11.3 Å². The van der Waals surface area contributed by atoms with Crippen LogP contribution >= 0.6 is 0 Å². The lowest BCUT2D eigenvalue weighted by molar-refractivity contribution is -0.134. The second-order valence-corrected chi connectivity index (χ2v) is 7.93. The standard InChI is InChI=1S/C20H26F2N2O3/c1-26-17-10-13(2-5-16(17)27-19(21)22)12-24(14-3-4-14)18(25)15-11-20(15)6-8-23-9-7-20/h2,5,10,14-15,19,23H,3-4,6-9,11-12H2,1H3. The van der Waals surface area contributed by atoms with Gasteiger partial charge < -0.3 is 19.7 Å². The van der Waals surface area contributed by atoms with Gasteiger partial charge in [-0.15, -0.1) is 0 Å². The summed E-state index contributed by atoms with van der Waals surface area (Å²) in [6.07, 6.45) is 5.24. The molecule has 148 valence electrons. The molecule has 5 nitrogen and oxygen atoms in total. The first-order chi connectivity index (χ1) is 13.0. The van der Waals surface area contributed by atoms with E-state index in [1.54, 1.807) is 12.1 Å². The van der Waals surface area contributed by atoms with E-state index in [9.17, 15) is 13.6 Å². The van der Waals surface area contributed by atoms with Gasteiger partial charge in [0.05, 0.1) is 7.11 Å². The molecule has 2 saturated carbocycles. The summed E-state index contributed by atoms with van der Waals surface area (Å²) in [5, 5.41) is 3.37. The van der Waals surface area contributed by atoms with E-state index in [1.807, 2.05) is 4.90 Å². The molecule has 1 heterocycles. The van der Waals surface area contributed by atoms with Crippen LogP contribution in [-0.4, -0.2) is 43.7 Å². The van der Waals surface area contributed by atoms with Gasteiger partial charge in [0.2, 0.25) is 5.91 Å². The maximum absolute atomic E-state index is 13.2. The molecule has 1 N–H and O–H groups in total. The average molecular weight is 380 g/mol. The monoisotopic (exact) mass is 380 g/mol. The van der Waals surface area contributed by atoms with Crippen molar-refractivity contribution in [3.8, 4) is 11.5 Å². The smallest absolute Gasteiger partial charge is 0.387 e. The number of hydrogen-bond acceptors (Lipinski definition) is 4. The number of carbonyl (C=O) groups is 1. The Morgan fingerprint density at radius 3 is 2.67 bits per heavy atom. The van der Waals surface area contributed by atoms with Crippen molar-refractivity contribution in [2.24, 2.45) is 11.3 Å². The zero-order valence-electron chi connectivity index (χ0n) is 15.5. The first kappa shape index (κ1) is 18.5. The molecule has 2 aliphatic carbocycles. The second kappa shape index (κ2) is 7.26. The zero-order chi connectivity index (χ0) is 19.0. The predicted molar refractivity (Wildman–Crippen MR) is 95.8 cm³/mol. The molecule has 3 aliphatic rings. The Balaban J connectivity index is 1.47. The van der Waals surface area contributed by atoms with E-state index in [-0.39, 0.29) is 28.7 Å². The van der Waals surface area contributed by atoms with E-state index in [1.165, 1.54) is 13.2 Å². The van der Waals surface area contributed by atoms with Gasteiger partial charge in [0.1, 0.15) is 0 Å². The highest BCUT2D eigenvalue weighted by Gasteiger charge is 2.59. The quantitative estimate of drug-likeness (QED) is 0.789. The van der Waals surface area contributed by atoms with Gasteiger partial charge >= 0.3 is 6.61 Å². The third-order valence-corrected chi connectivity index (χ3v) is 6.15. The van der Waals surface area contributed by atoms with E-state index in [4.69, 9.17) is 4.74 Å². The molecule has 1 aromatic rings. The van der Waals surface area contributed by atoms with Crippen LogP contribution in [-0.2, 0) is 11.3 Å². The SMILES string of the molecule is COc1cc(CN(C(=O)C2CC23CCNCC3)C2CC2)ccc1OC(F)F. The summed E-state index contributed by atoms with van der Waals surface area (Å²) in [4.78, 5) is 15.2. The van der Waals surface area contributed by atoms with Gasteiger partial charge in [0, 0.05) is 18.5 Å². The number of ether oxygens (including phenoxy) is 2. The van der Waals surface area contributed by atoms with E-state index < -0.39 is 6.61 Å². The van der Waals surface area contributed by atoms with Crippen LogP contribution in [0.4, 0.5) is 8.78 Å². The summed E-state index contributed by atoms with van der Waals surface area (Å²) in [5.41, 5.74) is 1.08. The number of carbonyl (C=O) groups excluding carboxylic acids is 1. The van der Waals surface area contributed by atoms with Gasteiger partial charge in [-0.05, 0) is 68.3 Å². The van der Waals surface area contributed by atoms with E-state index in [2.05, 4.69) is 10.1 Å². The molecule has 1 spiro atoms. The summed E-state index contributed by atoms with van der Waals surface area (Å²) in [6, 6.07) is 5.21. The van der Waals surface area contributed by atoms with Gasteiger partial charge in [-0.3, -0.25) is 4.79 Å². The van der Waals surface area contributed by atoms with Crippen molar-refractivity contribution >= 4 is 5.91 Å².